The molecule has 1 heterocycles. The number of nitrogens with two attached hydrogens (primary N) is 1. The molecule has 0 aliphatic rings. The summed E-state index contributed by atoms with van der Waals surface area (Å²) in [6, 6.07) is 7.07. The van der Waals surface area contributed by atoms with E-state index in [4.69, 9.17) is 17.4 Å². The van der Waals surface area contributed by atoms with E-state index in [1.165, 1.54) is 24.3 Å². The number of carbonyl (C=O) groups is 1. The summed E-state index contributed by atoms with van der Waals surface area (Å²) in [6.07, 6.45) is 0. The monoisotopic (exact) mass is 358 g/mol. The standard InChI is InChI=1S/C12H9BrClFN4O/c13-8-2-1-7(5-9(8)15)17-12(20)6-3-10(14)18-11(4-6)19-16/h1-5H,16H2,(H,17,20)(H,18,19). The Balaban J connectivity index is 2.23. The van der Waals surface area contributed by atoms with E-state index < -0.39 is 11.7 Å². The van der Waals surface area contributed by atoms with Gasteiger partial charge in [0.1, 0.15) is 16.8 Å². The molecule has 5 nitrogen and oxygen atoms in total. The van der Waals surface area contributed by atoms with Crippen molar-refractivity contribution in [2.45, 2.75) is 0 Å². The second kappa shape index (κ2) is 6.17. The molecule has 0 saturated carbocycles. The van der Waals surface area contributed by atoms with E-state index in [9.17, 15) is 9.18 Å². The number of nitrogens with zero attached hydrogens (tertiary/aromatic N) is 1. The van der Waals surface area contributed by atoms with Crippen LogP contribution in [-0.4, -0.2) is 10.9 Å². The highest BCUT2D eigenvalue weighted by Crippen LogP contribution is 2.20. The largest absolute Gasteiger partial charge is 0.322 e. The van der Waals surface area contributed by atoms with Crippen molar-refractivity contribution in [3.05, 3.63) is 51.3 Å². The molecule has 0 radical (unpaired) electrons. The normalized spacial score (nSPS) is 10.2. The molecular weight excluding hydrogens is 351 g/mol. The minimum atomic E-state index is -0.472. The van der Waals surface area contributed by atoms with Gasteiger partial charge in [0.25, 0.3) is 5.91 Å². The Bertz CT molecular complexity index is 668. The van der Waals surface area contributed by atoms with Gasteiger partial charge in [-0.3, -0.25) is 4.79 Å². The number of amides is 1. The first kappa shape index (κ1) is 14.7. The van der Waals surface area contributed by atoms with Gasteiger partial charge in [-0.2, -0.15) is 0 Å². The number of hydrogen-bond acceptors (Lipinski definition) is 4. The molecule has 104 valence electrons. The van der Waals surface area contributed by atoms with Gasteiger partial charge in [-0.25, -0.2) is 15.2 Å². The van der Waals surface area contributed by atoms with Gasteiger partial charge in [-0.15, -0.1) is 0 Å². The van der Waals surface area contributed by atoms with Crippen molar-refractivity contribution in [3.8, 4) is 0 Å². The highest BCUT2D eigenvalue weighted by atomic mass is 79.9. The Kier molecular flexibility index (Phi) is 4.53. The summed E-state index contributed by atoms with van der Waals surface area (Å²) < 4.78 is 13.7. The number of rotatable bonds is 3. The lowest BCUT2D eigenvalue weighted by molar-refractivity contribution is 0.102. The van der Waals surface area contributed by atoms with Crippen molar-refractivity contribution in [2.24, 2.45) is 5.84 Å². The molecule has 1 amide bonds. The van der Waals surface area contributed by atoms with Gasteiger partial charge in [0, 0.05) is 11.3 Å². The van der Waals surface area contributed by atoms with E-state index in [-0.39, 0.29) is 16.5 Å². The third-order valence-electron chi connectivity index (χ3n) is 2.38. The van der Waals surface area contributed by atoms with E-state index in [1.54, 1.807) is 6.07 Å². The quantitative estimate of drug-likeness (QED) is 0.447. The summed E-state index contributed by atoms with van der Waals surface area (Å²) in [5, 5.41) is 2.67. The first-order chi connectivity index (χ1) is 9.49. The molecule has 1 aromatic heterocycles. The molecule has 0 fully saturated rings. The minimum absolute atomic E-state index is 0.118. The van der Waals surface area contributed by atoms with Crippen LogP contribution in [0.2, 0.25) is 5.15 Å². The SMILES string of the molecule is NNc1cc(C(=O)Nc2ccc(Br)c(F)c2)cc(Cl)n1. The van der Waals surface area contributed by atoms with Crippen molar-refractivity contribution < 1.29 is 9.18 Å². The molecule has 4 N–H and O–H groups in total. The highest BCUT2D eigenvalue weighted by molar-refractivity contribution is 9.10. The zero-order valence-corrected chi connectivity index (χ0v) is 12.3. The average Bonchev–Trinajstić information content (AvgIpc) is 2.42. The summed E-state index contributed by atoms with van der Waals surface area (Å²) in [5.74, 6) is 4.55. The van der Waals surface area contributed by atoms with E-state index in [0.717, 1.165) is 0 Å². The third-order valence-corrected chi connectivity index (χ3v) is 3.22. The summed E-state index contributed by atoms with van der Waals surface area (Å²) in [5.41, 5.74) is 2.88. The number of hydrazine groups is 1. The van der Waals surface area contributed by atoms with Crippen LogP contribution in [0.5, 0.6) is 0 Å². The molecule has 2 aromatic rings. The summed E-state index contributed by atoms with van der Waals surface area (Å²) >= 11 is 8.80. The topological polar surface area (TPSA) is 80.0 Å². The molecule has 1 aromatic carbocycles. The number of nitrogens with one attached hydrogen (secondary N) is 2. The van der Waals surface area contributed by atoms with Crippen LogP contribution >= 0.6 is 27.5 Å². The fraction of sp³-hybridized carbons (Fsp3) is 0. The lowest BCUT2D eigenvalue weighted by Gasteiger charge is -2.07. The second-order valence-corrected chi connectivity index (χ2v) is 5.03. The predicted octanol–water partition coefficient (Wildman–Crippen LogP) is 3.17. The van der Waals surface area contributed by atoms with Crippen molar-refractivity contribution >= 4 is 44.9 Å². The van der Waals surface area contributed by atoms with Crippen LogP contribution in [0.15, 0.2) is 34.8 Å². The lowest BCUT2D eigenvalue weighted by atomic mass is 10.2. The van der Waals surface area contributed by atoms with Crippen molar-refractivity contribution in [1.82, 2.24) is 4.98 Å². The van der Waals surface area contributed by atoms with E-state index in [0.29, 0.717) is 10.2 Å². The maximum absolute atomic E-state index is 13.4. The number of hydrogen-bond donors (Lipinski definition) is 3. The molecule has 0 unspecified atom stereocenters. The minimum Gasteiger partial charge on any atom is -0.322 e. The lowest BCUT2D eigenvalue weighted by Crippen LogP contribution is -2.14. The summed E-state index contributed by atoms with van der Waals surface area (Å²) in [6.45, 7) is 0. The first-order valence-electron chi connectivity index (χ1n) is 5.40. The predicted molar refractivity (Wildman–Crippen MR) is 79.1 cm³/mol. The highest BCUT2D eigenvalue weighted by Gasteiger charge is 2.10. The Morgan fingerprint density at radius 3 is 2.75 bits per heavy atom. The van der Waals surface area contributed by atoms with Crippen molar-refractivity contribution in [2.75, 3.05) is 10.7 Å². The summed E-state index contributed by atoms with van der Waals surface area (Å²) in [7, 11) is 0. The first-order valence-corrected chi connectivity index (χ1v) is 6.57. The van der Waals surface area contributed by atoms with E-state index in [1.807, 2.05) is 0 Å². The number of halogens is 3. The number of aromatic nitrogens is 1. The molecule has 0 bridgehead atoms. The summed E-state index contributed by atoms with van der Waals surface area (Å²) in [4.78, 5) is 15.9. The van der Waals surface area contributed by atoms with Gasteiger partial charge in [-0.05, 0) is 46.3 Å². The van der Waals surface area contributed by atoms with Crippen LogP contribution in [0.3, 0.4) is 0 Å². The van der Waals surface area contributed by atoms with Crippen LogP contribution in [0, 0.1) is 5.82 Å². The third kappa shape index (κ3) is 3.44. The molecule has 0 aliphatic heterocycles. The number of benzene rings is 1. The van der Waals surface area contributed by atoms with Crippen LogP contribution in [0.4, 0.5) is 15.9 Å². The number of pyridine rings is 1. The maximum atomic E-state index is 13.4. The fourth-order valence-electron chi connectivity index (χ4n) is 1.48. The Labute approximate surface area is 127 Å². The maximum Gasteiger partial charge on any atom is 0.255 e. The van der Waals surface area contributed by atoms with Crippen LogP contribution < -0.4 is 16.6 Å². The van der Waals surface area contributed by atoms with Crippen molar-refractivity contribution in [1.29, 1.82) is 0 Å². The van der Waals surface area contributed by atoms with Gasteiger partial charge in [0.15, 0.2) is 0 Å². The fourth-order valence-corrected chi connectivity index (χ4v) is 1.93. The van der Waals surface area contributed by atoms with E-state index in [2.05, 4.69) is 31.7 Å². The number of nitrogen functional groups attached to an aromatic ring is 1. The zero-order chi connectivity index (χ0) is 14.7. The van der Waals surface area contributed by atoms with Gasteiger partial charge in [-0.1, -0.05) is 11.6 Å². The molecule has 2 rings (SSSR count). The number of carbonyl (C=O) groups excluding carboxylic acids is 1. The van der Waals surface area contributed by atoms with Gasteiger partial charge in [0.05, 0.1) is 4.47 Å². The zero-order valence-electron chi connectivity index (χ0n) is 9.95. The Morgan fingerprint density at radius 1 is 1.35 bits per heavy atom. The Hall–Kier alpha value is -1.70. The van der Waals surface area contributed by atoms with Gasteiger partial charge in [0.2, 0.25) is 0 Å². The van der Waals surface area contributed by atoms with Crippen LogP contribution in [-0.2, 0) is 0 Å². The molecule has 0 atom stereocenters. The van der Waals surface area contributed by atoms with Gasteiger partial charge < -0.3 is 10.7 Å². The van der Waals surface area contributed by atoms with Crippen LogP contribution in [0.25, 0.3) is 0 Å². The molecule has 0 spiro atoms. The molecule has 0 aliphatic carbocycles. The van der Waals surface area contributed by atoms with Gasteiger partial charge >= 0.3 is 0 Å². The molecule has 20 heavy (non-hydrogen) atoms. The smallest absolute Gasteiger partial charge is 0.255 e. The van der Waals surface area contributed by atoms with Crippen LogP contribution in [0.1, 0.15) is 10.4 Å². The molecular formula is C12H9BrClFN4O. The molecule has 0 saturated heterocycles. The number of anilines is 2. The van der Waals surface area contributed by atoms with E-state index >= 15 is 0 Å². The average molecular weight is 360 g/mol. The van der Waals surface area contributed by atoms with Crippen molar-refractivity contribution in [3.63, 3.8) is 0 Å². The Morgan fingerprint density at radius 2 is 2.10 bits per heavy atom. The second-order valence-electron chi connectivity index (χ2n) is 3.79. The molecule has 8 heteroatoms.